The van der Waals surface area contributed by atoms with E-state index in [2.05, 4.69) is 12.4 Å². The number of unbranched alkanes of at least 4 members (excludes halogenated alkanes) is 1. The van der Waals surface area contributed by atoms with Gasteiger partial charge in [-0.1, -0.05) is 80.4 Å². The zero-order valence-corrected chi connectivity index (χ0v) is 13.7. The monoisotopic (exact) mass is 311 g/mol. The smallest absolute Gasteiger partial charge is 0.164 e. The van der Waals surface area contributed by atoms with Gasteiger partial charge in [0.25, 0.3) is 0 Å². The highest BCUT2D eigenvalue weighted by Crippen LogP contribution is 2.11. The fourth-order valence-electron chi connectivity index (χ4n) is 2.44. The van der Waals surface area contributed by atoms with Crippen molar-refractivity contribution in [2.45, 2.75) is 45.3 Å². The molecule has 3 heteroatoms. The highest BCUT2D eigenvalue weighted by molar-refractivity contribution is 5.96. The summed E-state index contributed by atoms with van der Waals surface area (Å²) >= 11 is 0. The SMILES string of the molecule is CCCC[C@@H](CC(=O)c1ccccc1)NOCc1ccccc1. The molecule has 1 atom stereocenters. The van der Waals surface area contributed by atoms with Crippen LogP contribution in [0, 0.1) is 0 Å². The average Bonchev–Trinajstić information content (AvgIpc) is 2.61. The molecule has 2 aromatic rings. The number of ketones is 1. The summed E-state index contributed by atoms with van der Waals surface area (Å²) in [6, 6.07) is 19.5. The summed E-state index contributed by atoms with van der Waals surface area (Å²) in [6.07, 6.45) is 3.58. The highest BCUT2D eigenvalue weighted by atomic mass is 16.6. The van der Waals surface area contributed by atoms with Crippen molar-refractivity contribution in [3.63, 3.8) is 0 Å². The number of carbonyl (C=O) groups excluding carboxylic acids is 1. The van der Waals surface area contributed by atoms with Crippen LogP contribution in [0.2, 0.25) is 0 Å². The fraction of sp³-hybridized carbons (Fsp3) is 0.350. The predicted octanol–water partition coefficient (Wildman–Crippen LogP) is 4.54. The molecule has 0 heterocycles. The second-order valence-corrected chi connectivity index (χ2v) is 5.72. The summed E-state index contributed by atoms with van der Waals surface area (Å²) in [7, 11) is 0. The summed E-state index contributed by atoms with van der Waals surface area (Å²) in [6.45, 7) is 2.66. The maximum Gasteiger partial charge on any atom is 0.164 e. The van der Waals surface area contributed by atoms with E-state index in [1.165, 1.54) is 0 Å². The molecule has 0 radical (unpaired) electrons. The number of carbonyl (C=O) groups is 1. The van der Waals surface area contributed by atoms with Crippen LogP contribution < -0.4 is 5.48 Å². The van der Waals surface area contributed by atoms with Crippen LogP contribution in [0.25, 0.3) is 0 Å². The number of hydroxylamine groups is 1. The van der Waals surface area contributed by atoms with E-state index in [4.69, 9.17) is 4.84 Å². The Morgan fingerprint density at radius 2 is 1.70 bits per heavy atom. The molecule has 0 aliphatic rings. The molecule has 0 saturated carbocycles. The van der Waals surface area contributed by atoms with Gasteiger partial charge in [-0.25, -0.2) is 0 Å². The van der Waals surface area contributed by atoms with Gasteiger partial charge < -0.3 is 0 Å². The third kappa shape index (κ3) is 6.35. The van der Waals surface area contributed by atoms with Crippen molar-refractivity contribution < 1.29 is 9.63 Å². The van der Waals surface area contributed by atoms with E-state index in [0.717, 1.165) is 30.4 Å². The Labute approximate surface area is 138 Å². The van der Waals surface area contributed by atoms with Gasteiger partial charge in [0.2, 0.25) is 0 Å². The molecule has 2 aromatic carbocycles. The molecule has 0 saturated heterocycles. The molecule has 122 valence electrons. The number of hydrogen-bond donors (Lipinski definition) is 1. The first-order valence-electron chi connectivity index (χ1n) is 8.29. The van der Waals surface area contributed by atoms with E-state index in [9.17, 15) is 4.79 Å². The van der Waals surface area contributed by atoms with Crippen molar-refractivity contribution in [1.29, 1.82) is 0 Å². The zero-order chi connectivity index (χ0) is 16.3. The van der Waals surface area contributed by atoms with Gasteiger partial charge in [-0.15, -0.1) is 0 Å². The molecule has 0 unspecified atom stereocenters. The van der Waals surface area contributed by atoms with Crippen LogP contribution >= 0.6 is 0 Å². The lowest BCUT2D eigenvalue weighted by Gasteiger charge is -2.18. The van der Waals surface area contributed by atoms with Crippen molar-refractivity contribution in [3.05, 3.63) is 71.8 Å². The molecule has 1 N–H and O–H groups in total. The minimum atomic E-state index is 0.0476. The molecule has 23 heavy (non-hydrogen) atoms. The lowest BCUT2D eigenvalue weighted by Crippen LogP contribution is -2.31. The van der Waals surface area contributed by atoms with E-state index in [0.29, 0.717) is 13.0 Å². The van der Waals surface area contributed by atoms with Crippen LogP contribution in [0.15, 0.2) is 60.7 Å². The first kappa shape index (κ1) is 17.4. The van der Waals surface area contributed by atoms with E-state index >= 15 is 0 Å². The number of benzene rings is 2. The van der Waals surface area contributed by atoms with Gasteiger partial charge in [0, 0.05) is 18.0 Å². The van der Waals surface area contributed by atoms with E-state index in [1.54, 1.807) is 0 Å². The minimum Gasteiger partial charge on any atom is -0.297 e. The minimum absolute atomic E-state index is 0.0476. The third-order valence-electron chi connectivity index (χ3n) is 3.77. The number of hydrogen-bond acceptors (Lipinski definition) is 3. The molecule has 0 aliphatic carbocycles. The summed E-state index contributed by atoms with van der Waals surface area (Å²) < 4.78 is 0. The Bertz CT molecular complexity index is 569. The van der Waals surface area contributed by atoms with Crippen molar-refractivity contribution in [2.24, 2.45) is 0 Å². The first-order valence-corrected chi connectivity index (χ1v) is 8.29. The topological polar surface area (TPSA) is 38.3 Å². The van der Waals surface area contributed by atoms with E-state index in [-0.39, 0.29) is 11.8 Å². The second kappa shape index (κ2) is 9.93. The normalized spacial score (nSPS) is 12.0. The van der Waals surface area contributed by atoms with Crippen molar-refractivity contribution in [1.82, 2.24) is 5.48 Å². The molecule has 0 fully saturated rings. The van der Waals surface area contributed by atoms with Crippen molar-refractivity contribution >= 4 is 5.78 Å². The van der Waals surface area contributed by atoms with Gasteiger partial charge in [0.15, 0.2) is 5.78 Å². The molecule has 2 rings (SSSR count). The highest BCUT2D eigenvalue weighted by Gasteiger charge is 2.15. The average molecular weight is 311 g/mol. The summed E-state index contributed by atoms with van der Waals surface area (Å²) in [5, 5.41) is 0. The Morgan fingerprint density at radius 3 is 2.35 bits per heavy atom. The summed E-state index contributed by atoms with van der Waals surface area (Å²) in [5.74, 6) is 0.155. The molecular weight excluding hydrogens is 286 g/mol. The Balaban J connectivity index is 1.85. The molecule has 0 spiro atoms. The zero-order valence-electron chi connectivity index (χ0n) is 13.7. The Kier molecular flexibility index (Phi) is 7.50. The van der Waals surface area contributed by atoms with Gasteiger partial charge >= 0.3 is 0 Å². The molecule has 0 bridgehead atoms. The van der Waals surface area contributed by atoms with E-state index < -0.39 is 0 Å². The quantitative estimate of drug-likeness (QED) is 0.517. The maximum absolute atomic E-state index is 12.4. The van der Waals surface area contributed by atoms with Crippen LogP contribution in [0.3, 0.4) is 0 Å². The summed E-state index contributed by atoms with van der Waals surface area (Å²) in [5.41, 5.74) is 4.96. The van der Waals surface area contributed by atoms with Gasteiger partial charge in [-0.05, 0) is 12.0 Å². The fourth-order valence-corrected chi connectivity index (χ4v) is 2.44. The maximum atomic E-state index is 12.4. The Morgan fingerprint density at radius 1 is 1.04 bits per heavy atom. The third-order valence-corrected chi connectivity index (χ3v) is 3.77. The van der Waals surface area contributed by atoms with Crippen LogP contribution in [-0.4, -0.2) is 11.8 Å². The lowest BCUT2D eigenvalue weighted by molar-refractivity contribution is 0.000166. The molecule has 3 nitrogen and oxygen atoms in total. The molecule has 0 aromatic heterocycles. The lowest BCUT2D eigenvalue weighted by atomic mass is 10.0. The van der Waals surface area contributed by atoms with Gasteiger partial charge in [0.1, 0.15) is 0 Å². The van der Waals surface area contributed by atoms with Gasteiger partial charge in [-0.3, -0.25) is 9.63 Å². The predicted molar refractivity (Wildman–Crippen MR) is 93.1 cm³/mol. The van der Waals surface area contributed by atoms with Crippen LogP contribution in [0.5, 0.6) is 0 Å². The molecule has 0 aliphatic heterocycles. The largest absolute Gasteiger partial charge is 0.297 e. The number of Topliss-reactive ketones (excluding diaryl/α,β-unsaturated/α-hetero) is 1. The van der Waals surface area contributed by atoms with Crippen LogP contribution in [0.1, 0.15) is 48.5 Å². The van der Waals surface area contributed by atoms with Gasteiger partial charge in [0.05, 0.1) is 6.61 Å². The molecular formula is C20H25NO2. The van der Waals surface area contributed by atoms with Gasteiger partial charge in [-0.2, -0.15) is 5.48 Å². The van der Waals surface area contributed by atoms with Crippen LogP contribution in [-0.2, 0) is 11.4 Å². The standard InChI is InChI=1S/C20H25NO2/c1-2-3-14-19(15-20(22)18-12-8-5-9-13-18)21-23-16-17-10-6-4-7-11-17/h4-13,19,21H,2-3,14-16H2,1H3/t19-/m0/s1. The Hall–Kier alpha value is -1.97. The molecule has 0 amide bonds. The second-order valence-electron chi connectivity index (χ2n) is 5.72. The van der Waals surface area contributed by atoms with E-state index in [1.807, 2.05) is 60.7 Å². The number of nitrogens with one attached hydrogen (secondary N) is 1. The van der Waals surface area contributed by atoms with Crippen molar-refractivity contribution in [2.75, 3.05) is 0 Å². The van der Waals surface area contributed by atoms with Crippen LogP contribution in [0.4, 0.5) is 0 Å². The van der Waals surface area contributed by atoms with Crippen molar-refractivity contribution in [3.8, 4) is 0 Å². The first-order chi connectivity index (χ1) is 11.3. The summed E-state index contributed by atoms with van der Waals surface area (Å²) in [4.78, 5) is 18.0. The number of rotatable bonds is 10.